The van der Waals surface area contributed by atoms with E-state index < -0.39 is 0 Å². The number of hydrogen-bond donors (Lipinski definition) is 0. The molecule has 0 N–H and O–H groups in total. The normalized spacial score (nSPS) is 15.9. The van der Waals surface area contributed by atoms with Crippen LogP contribution in [0.3, 0.4) is 0 Å². The van der Waals surface area contributed by atoms with Crippen molar-refractivity contribution in [2.24, 2.45) is 0 Å². The second-order valence-corrected chi connectivity index (χ2v) is 9.89. The Morgan fingerprint density at radius 1 is 1.13 bits per heavy atom. The highest BCUT2D eigenvalue weighted by molar-refractivity contribution is 14.1. The van der Waals surface area contributed by atoms with E-state index >= 15 is 0 Å². The molecule has 1 amide bonds. The van der Waals surface area contributed by atoms with Gasteiger partial charge in [0, 0.05) is 21.3 Å². The lowest BCUT2D eigenvalue weighted by Gasteiger charge is -2.25. The van der Waals surface area contributed by atoms with Gasteiger partial charge in [-0.25, -0.2) is 0 Å². The number of carbonyl (C=O) groups excluding carboxylic acids is 1. The van der Waals surface area contributed by atoms with E-state index in [0.717, 1.165) is 20.4 Å². The first kappa shape index (κ1) is 22.6. The maximum absolute atomic E-state index is 12.6. The van der Waals surface area contributed by atoms with Crippen molar-refractivity contribution in [1.29, 1.82) is 0 Å². The highest BCUT2D eigenvalue weighted by Crippen LogP contribution is 2.45. The molecule has 0 unspecified atom stereocenters. The molecule has 0 aliphatic carbocycles. The van der Waals surface area contributed by atoms with Crippen LogP contribution in [-0.4, -0.2) is 18.8 Å². The lowest BCUT2D eigenvalue weighted by atomic mass is 10.1. The van der Waals surface area contributed by atoms with E-state index in [1.807, 2.05) is 48.5 Å². The number of nitrogens with zero attached hydrogens (tertiary/aromatic N) is 1. The van der Waals surface area contributed by atoms with Crippen molar-refractivity contribution < 1.29 is 14.3 Å². The molecule has 1 aliphatic heterocycles. The van der Waals surface area contributed by atoms with E-state index in [-0.39, 0.29) is 11.3 Å². The third-order valence-corrected chi connectivity index (χ3v) is 7.47. The Bertz CT molecular complexity index is 1110. The van der Waals surface area contributed by atoms with Gasteiger partial charge < -0.3 is 9.47 Å². The van der Waals surface area contributed by atoms with E-state index in [9.17, 15) is 4.79 Å². The van der Waals surface area contributed by atoms with Crippen LogP contribution in [0.4, 0.5) is 5.69 Å². The molecule has 1 saturated heterocycles. The molecule has 0 radical (unpaired) electrons. The molecule has 8 heteroatoms. The van der Waals surface area contributed by atoms with Crippen molar-refractivity contribution in [3.8, 4) is 11.5 Å². The summed E-state index contributed by atoms with van der Waals surface area (Å²) >= 11 is 16.1. The Kier molecular flexibility index (Phi) is 7.21. The lowest BCUT2D eigenvalue weighted by molar-refractivity contribution is -0.115. The molecule has 3 aromatic rings. The third kappa shape index (κ3) is 4.92. The zero-order chi connectivity index (χ0) is 22.0. The van der Waals surface area contributed by atoms with Gasteiger partial charge in [-0.05, 0) is 70.6 Å². The van der Waals surface area contributed by atoms with Crippen LogP contribution in [0.1, 0.15) is 16.5 Å². The first-order valence-corrected chi connectivity index (χ1v) is 12.3. The highest BCUT2D eigenvalue weighted by Gasteiger charge is 2.35. The second kappa shape index (κ2) is 9.90. The molecule has 0 bridgehead atoms. The summed E-state index contributed by atoms with van der Waals surface area (Å²) in [5.41, 5.74) is 2.69. The predicted octanol–water partition coefficient (Wildman–Crippen LogP) is 6.96. The van der Waals surface area contributed by atoms with Crippen LogP contribution in [0, 0.1) is 3.57 Å². The quantitative estimate of drug-likeness (QED) is 0.293. The summed E-state index contributed by atoms with van der Waals surface area (Å²) in [4.78, 5) is 14.4. The minimum absolute atomic E-state index is 0.0605. The van der Waals surface area contributed by atoms with Crippen LogP contribution in [0.25, 0.3) is 0 Å². The van der Waals surface area contributed by atoms with Crippen LogP contribution in [0.2, 0.25) is 10.0 Å². The monoisotopic (exact) mass is 585 g/mol. The fourth-order valence-corrected chi connectivity index (χ4v) is 5.59. The fourth-order valence-electron chi connectivity index (χ4n) is 3.34. The minimum Gasteiger partial charge on any atom is -0.493 e. The molecule has 3 aromatic carbocycles. The van der Waals surface area contributed by atoms with Gasteiger partial charge >= 0.3 is 0 Å². The van der Waals surface area contributed by atoms with Crippen molar-refractivity contribution in [2.45, 2.75) is 12.0 Å². The first-order valence-electron chi connectivity index (χ1n) is 9.41. The van der Waals surface area contributed by atoms with Gasteiger partial charge in [0.05, 0.1) is 16.4 Å². The topological polar surface area (TPSA) is 38.8 Å². The summed E-state index contributed by atoms with van der Waals surface area (Å²) in [5.74, 6) is 1.74. The Labute approximate surface area is 209 Å². The van der Waals surface area contributed by atoms with E-state index in [2.05, 4.69) is 22.6 Å². The van der Waals surface area contributed by atoms with Crippen molar-refractivity contribution in [2.75, 3.05) is 17.8 Å². The molecular weight excluding hydrogens is 568 g/mol. The molecule has 4 nitrogen and oxygen atoms in total. The molecule has 1 fully saturated rings. The Balaban J connectivity index is 1.63. The molecule has 0 aromatic heterocycles. The summed E-state index contributed by atoms with van der Waals surface area (Å²) in [7, 11) is 1.61. The maximum atomic E-state index is 12.6. The molecule has 1 atom stereocenters. The lowest BCUT2D eigenvalue weighted by Crippen LogP contribution is -2.27. The molecule has 160 valence electrons. The third-order valence-electron chi connectivity index (χ3n) is 4.84. The number of anilines is 1. The number of halogens is 3. The van der Waals surface area contributed by atoms with Crippen LogP contribution in [0.15, 0.2) is 60.7 Å². The molecule has 1 aliphatic rings. The average molecular weight is 586 g/mol. The summed E-state index contributed by atoms with van der Waals surface area (Å²) in [6, 6.07) is 18.9. The number of hydrogen-bond acceptors (Lipinski definition) is 4. The van der Waals surface area contributed by atoms with Crippen LogP contribution in [-0.2, 0) is 11.4 Å². The van der Waals surface area contributed by atoms with Crippen molar-refractivity contribution in [3.05, 3.63) is 85.4 Å². The number of thioether (sulfide) groups is 1. The molecule has 0 spiro atoms. The number of amides is 1. The minimum atomic E-state index is -0.159. The fraction of sp³-hybridized carbons (Fsp3) is 0.174. The van der Waals surface area contributed by atoms with Crippen LogP contribution < -0.4 is 14.4 Å². The van der Waals surface area contributed by atoms with E-state index in [1.54, 1.807) is 35.9 Å². The second-order valence-electron chi connectivity index (χ2n) is 6.82. The van der Waals surface area contributed by atoms with Crippen LogP contribution in [0.5, 0.6) is 11.5 Å². The molecule has 31 heavy (non-hydrogen) atoms. The zero-order valence-electron chi connectivity index (χ0n) is 16.5. The number of rotatable bonds is 6. The summed E-state index contributed by atoms with van der Waals surface area (Å²) < 4.78 is 12.6. The summed E-state index contributed by atoms with van der Waals surface area (Å²) in [5, 5.41) is 1.14. The van der Waals surface area contributed by atoms with E-state index in [1.165, 1.54) is 0 Å². The Morgan fingerprint density at radius 2 is 1.87 bits per heavy atom. The predicted molar refractivity (Wildman–Crippen MR) is 136 cm³/mol. The van der Waals surface area contributed by atoms with Gasteiger partial charge in [-0.2, -0.15) is 0 Å². The average Bonchev–Trinajstić information content (AvgIpc) is 3.15. The molecule has 4 rings (SSSR count). The van der Waals surface area contributed by atoms with Gasteiger partial charge in [0.15, 0.2) is 11.5 Å². The van der Waals surface area contributed by atoms with E-state index in [4.69, 9.17) is 32.7 Å². The number of ether oxygens (including phenoxy) is 2. The molecular formula is C23H18Cl2INO3S. The van der Waals surface area contributed by atoms with E-state index in [0.29, 0.717) is 33.9 Å². The highest BCUT2D eigenvalue weighted by atomic mass is 127. The standard InChI is InChI=1S/C23H18Cl2INO3S/c1-29-20-11-15(10-19(26)22(20)30-12-14-4-2-3-5-18(14)25)23-27(21(28)13-31-23)17-8-6-16(24)7-9-17/h2-11,23H,12-13H2,1H3/t23-/m1/s1. The SMILES string of the molecule is COc1cc([C@H]2SCC(=O)N2c2ccc(Cl)cc2)cc(I)c1OCc1ccccc1Cl. The number of carbonyl (C=O) groups is 1. The van der Waals surface area contributed by atoms with Gasteiger partial charge in [-0.15, -0.1) is 11.8 Å². The van der Waals surface area contributed by atoms with Crippen LogP contribution >= 0.6 is 57.6 Å². The van der Waals surface area contributed by atoms with Crippen molar-refractivity contribution >= 4 is 69.1 Å². The van der Waals surface area contributed by atoms with Gasteiger partial charge in [0.1, 0.15) is 12.0 Å². The Hall–Kier alpha value is -1.61. The molecule has 0 saturated carbocycles. The maximum Gasteiger partial charge on any atom is 0.238 e. The van der Waals surface area contributed by atoms with Gasteiger partial charge in [0.2, 0.25) is 5.91 Å². The first-order chi connectivity index (χ1) is 15.0. The smallest absolute Gasteiger partial charge is 0.238 e. The number of benzene rings is 3. The molecule has 1 heterocycles. The zero-order valence-corrected chi connectivity index (χ0v) is 21.0. The van der Waals surface area contributed by atoms with Gasteiger partial charge in [0.25, 0.3) is 0 Å². The van der Waals surface area contributed by atoms with Crippen molar-refractivity contribution in [1.82, 2.24) is 0 Å². The van der Waals surface area contributed by atoms with Gasteiger partial charge in [-0.3, -0.25) is 9.69 Å². The Morgan fingerprint density at radius 3 is 2.58 bits per heavy atom. The number of methoxy groups -OCH3 is 1. The van der Waals surface area contributed by atoms with Crippen molar-refractivity contribution in [3.63, 3.8) is 0 Å². The summed E-state index contributed by atoms with van der Waals surface area (Å²) in [6.07, 6.45) is 0. The van der Waals surface area contributed by atoms with Gasteiger partial charge in [-0.1, -0.05) is 41.4 Å². The summed E-state index contributed by atoms with van der Waals surface area (Å²) in [6.45, 7) is 0.332. The largest absolute Gasteiger partial charge is 0.493 e.